The summed E-state index contributed by atoms with van der Waals surface area (Å²) in [5.74, 6) is -0.433. The number of esters is 1. The molecule has 0 aromatic heterocycles. The molecule has 2 N–H and O–H groups in total. The lowest BCUT2D eigenvalue weighted by molar-refractivity contribution is -0.122. The van der Waals surface area contributed by atoms with Crippen LogP contribution in [0, 0.1) is 0 Å². The number of anilines is 1. The first-order valence-electron chi connectivity index (χ1n) is 7.36. The SMILES string of the molecule is CCCC1(C(=O)Nc2cccc(C(=O)OC)c2)CCCN1. The molecule has 1 saturated heterocycles. The Labute approximate surface area is 125 Å². The number of methoxy groups -OCH3 is 1. The van der Waals surface area contributed by atoms with E-state index in [1.54, 1.807) is 24.3 Å². The van der Waals surface area contributed by atoms with Crippen molar-refractivity contribution in [2.24, 2.45) is 0 Å². The van der Waals surface area contributed by atoms with Gasteiger partial charge in [0.2, 0.25) is 5.91 Å². The van der Waals surface area contributed by atoms with E-state index in [4.69, 9.17) is 4.74 Å². The van der Waals surface area contributed by atoms with Gasteiger partial charge in [0.15, 0.2) is 0 Å². The molecule has 0 spiro atoms. The molecule has 0 saturated carbocycles. The maximum Gasteiger partial charge on any atom is 0.337 e. The maximum atomic E-state index is 12.6. The van der Waals surface area contributed by atoms with Crippen LogP contribution in [-0.4, -0.2) is 31.1 Å². The van der Waals surface area contributed by atoms with E-state index in [2.05, 4.69) is 17.6 Å². The van der Waals surface area contributed by atoms with Gasteiger partial charge < -0.3 is 15.4 Å². The maximum absolute atomic E-state index is 12.6. The van der Waals surface area contributed by atoms with E-state index in [0.29, 0.717) is 11.3 Å². The van der Waals surface area contributed by atoms with Crippen LogP contribution >= 0.6 is 0 Å². The molecule has 21 heavy (non-hydrogen) atoms. The molecule has 1 aromatic rings. The van der Waals surface area contributed by atoms with Crippen LogP contribution in [0.1, 0.15) is 43.0 Å². The van der Waals surface area contributed by atoms with E-state index in [0.717, 1.165) is 32.2 Å². The summed E-state index contributed by atoms with van der Waals surface area (Å²) < 4.78 is 4.69. The first-order chi connectivity index (χ1) is 10.1. The topological polar surface area (TPSA) is 67.4 Å². The van der Waals surface area contributed by atoms with Crippen molar-refractivity contribution in [3.63, 3.8) is 0 Å². The third-order valence-corrected chi connectivity index (χ3v) is 3.90. The van der Waals surface area contributed by atoms with Crippen molar-refractivity contribution in [2.75, 3.05) is 19.0 Å². The molecule has 5 nitrogen and oxygen atoms in total. The van der Waals surface area contributed by atoms with E-state index in [1.165, 1.54) is 7.11 Å². The smallest absolute Gasteiger partial charge is 0.337 e. The molecule has 1 aliphatic rings. The van der Waals surface area contributed by atoms with E-state index in [-0.39, 0.29) is 5.91 Å². The van der Waals surface area contributed by atoms with Gasteiger partial charge in [0, 0.05) is 5.69 Å². The number of carbonyl (C=O) groups excluding carboxylic acids is 2. The lowest BCUT2D eigenvalue weighted by Crippen LogP contribution is -2.50. The lowest BCUT2D eigenvalue weighted by atomic mass is 9.90. The summed E-state index contributed by atoms with van der Waals surface area (Å²) in [7, 11) is 1.34. The Bertz CT molecular complexity index is 522. The number of ether oxygens (including phenoxy) is 1. The van der Waals surface area contributed by atoms with Crippen LogP contribution in [0.3, 0.4) is 0 Å². The van der Waals surface area contributed by atoms with Gasteiger partial charge in [-0.3, -0.25) is 4.79 Å². The quantitative estimate of drug-likeness (QED) is 0.817. The molecule has 1 unspecified atom stereocenters. The predicted molar refractivity (Wildman–Crippen MR) is 81.3 cm³/mol. The third kappa shape index (κ3) is 3.42. The monoisotopic (exact) mass is 290 g/mol. The minimum Gasteiger partial charge on any atom is -0.465 e. The number of benzene rings is 1. The Morgan fingerprint density at radius 1 is 1.43 bits per heavy atom. The van der Waals surface area contributed by atoms with Gasteiger partial charge in [-0.25, -0.2) is 4.79 Å². The highest BCUT2D eigenvalue weighted by Gasteiger charge is 2.39. The first-order valence-corrected chi connectivity index (χ1v) is 7.36. The highest BCUT2D eigenvalue weighted by Crippen LogP contribution is 2.26. The van der Waals surface area contributed by atoms with E-state index >= 15 is 0 Å². The van der Waals surface area contributed by atoms with Crippen LogP contribution < -0.4 is 10.6 Å². The summed E-state index contributed by atoms with van der Waals surface area (Å²) in [4.78, 5) is 24.1. The van der Waals surface area contributed by atoms with Crippen molar-refractivity contribution in [1.82, 2.24) is 5.32 Å². The second kappa shape index (κ2) is 6.72. The Hall–Kier alpha value is -1.88. The van der Waals surface area contributed by atoms with Gasteiger partial charge in [0.25, 0.3) is 0 Å². The number of nitrogens with one attached hydrogen (secondary N) is 2. The van der Waals surface area contributed by atoms with Crippen molar-refractivity contribution in [1.29, 1.82) is 0 Å². The van der Waals surface area contributed by atoms with Crippen LogP contribution in [0.5, 0.6) is 0 Å². The minimum atomic E-state index is -0.476. The molecule has 1 atom stereocenters. The van der Waals surface area contributed by atoms with E-state index < -0.39 is 11.5 Å². The van der Waals surface area contributed by atoms with Crippen molar-refractivity contribution in [3.05, 3.63) is 29.8 Å². The fourth-order valence-electron chi connectivity index (χ4n) is 2.85. The number of hydrogen-bond acceptors (Lipinski definition) is 4. The Balaban J connectivity index is 2.13. The molecule has 0 aliphatic carbocycles. The third-order valence-electron chi connectivity index (χ3n) is 3.90. The highest BCUT2D eigenvalue weighted by molar-refractivity contribution is 5.99. The molecule has 1 aromatic carbocycles. The highest BCUT2D eigenvalue weighted by atomic mass is 16.5. The van der Waals surface area contributed by atoms with Gasteiger partial charge in [-0.05, 0) is 44.0 Å². The minimum absolute atomic E-state index is 0.0242. The van der Waals surface area contributed by atoms with Gasteiger partial charge >= 0.3 is 5.97 Å². The number of rotatable bonds is 5. The molecule has 0 radical (unpaired) electrons. The molecule has 5 heteroatoms. The molecule has 2 rings (SSSR count). The summed E-state index contributed by atoms with van der Waals surface area (Å²) in [6, 6.07) is 6.81. The van der Waals surface area contributed by atoms with E-state index in [9.17, 15) is 9.59 Å². The Kier molecular flexibility index (Phi) is 4.96. The summed E-state index contributed by atoms with van der Waals surface area (Å²) >= 11 is 0. The van der Waals surface area contributed by atoms with Gasteiger partial charge in [0.05, 0.1) is 18.2 Å². The van der Waals surface area contributed by atoms with Crippen molar-refractivity contribution in [3.8, 4) is 0 Å². The fourth-order valence-corrected chi connectivity index (χ4v) is 2.85. The van der Waals surface area contributed by atoms with Gasteiger partial charge in [-0.1, -0.05) is 19.4 Å². The summed E-state index contributed by atoms with van der Waals surface area (Å²) in [5.41, 5.74) is 0.571. The normalized spacial score (nSPS) is 21.0. The van der Waals surface area contributed by atoms with Crippen molar-refractivity contribution >= 4 is 17.6 Å². The second-order valence-corrected chi connectivity index (χ2v) is 5.39. The van der Waals surface area contributed by atoms with Gasteiger partial charge in [0.1, 0.15) is 0 Å². The van der Waals surface area contributed by atoms with Crippen LogP contribution in [0.2, 0.25) is 0 Å². The molecular weight excluding hydrogens is 268 g/mol. The summed E-state index contributed by atoms with van der Waals surface area (Å²) in [5, 5.41) is 6.26. The van der Waals surface area contributed by atoms with Gasteiger partial charge in [-0.15, -0.1) is 0 Å². The summed E-state index contributed by atoms with van der Waals surface area (Å²) in [6.45, 7) is 2.95. The molecule has 114 valence electrons. The standard InChI is InChI=1S/C16H22N2O3/c1-3-8-16(9-5-10-17-16)15(20)18-13-7-4-6-12(11-13)14(19)21-2/h4,6-7,11,17H,3,5,8-10H2,1-2H3,(H,18,20). The number of amides is 1. The molecule has 1 aliphatic heterocycles. The fraction of sp³-hybridized carbons (Fsp3) is 0.500. The van der Waals surface area contributed by atoms with Crippen LogP contribution in [0.25, 0.3) is 0 Å². The first kappa shape index (κ1) is 15.5. The summed E-state index contributed by atoms with van der Waals surface area (Å²) in [6.07, 6.45) is 3.62. The molecule has 1 fully saturated rings. The average molecular weight is 290 g/mol. The zero-order chi connectivity index (χ0) is 15.3. The molecule has 0 bridgehead atoms. The molecular formula is C16H22N2O3. The zero-order valence-electron chi connectivity index (χ0n) is 12.6. The zero-order valence-corrected chi connectivity index (χ0v) is 12.6. The molecule has 1 heterocycles. The molecule has 1 amide bonds. The van der Waals surface area contributed by atoms with Crippen molar-refractivity contribution < 1.29 is 14.3 Å². The van der Waals surface area contributed by atoms with Crippen molar-refractivity contribution in [2.45, 2.75) is 38.1 Å². The Morgan fingerprint density at radius 2 is 2.24 bits per heavy atom. The predicted octanol–water partition coefficient (Wildman–Crippen LogP) is 2.33. The lowest BCUT2D eigenvalue weighted by Gasteiger charge is -2.27. The van der Waals surface area contributed by atoms with Crippen LogP contribution in [0.15, 0.2) is 24.3 Å². The van der Waals surface area contributed by atoms with Crippen LogP contribution in [-0.2, 0) is 9.53 Å². The second-order valence-electron chi connectivity index (χ2n) is 5.39. The number of carbonyl (C=O) groups is 2. The average Bonchev–Trinajstić information content (AvgIpc) is 2.97. The largest absolute Gasteiger partial charge is 0.465 e. The van der Waals surface area contributed by atoms with E-state index in [1.807, 2.05) is 0 Å². The van der Waals surface area contributed by atoms with Crippen LogP contribution in [0.4, 0.5) is 5.69 Å². The van der Waals surface area contributed by atoms with Gasteiger partial charge in [-0.2, -0.15) is 0 Å². The number of hydrogen-bond donors (Lipinski definition) is 2. The Morgan fingerprint density at radius 3 is 2.86 bits per heavy atom.